The molecule has 0 aliphatic rings. The zero-order chi connectivity index (χ0) is 12.8. The molecule has 0 aliphatic heterocycles. The summed E-state index contributed by atoms with van der Waals surface area (Å²) in [4.78, 5) is 6.63. The first kappa shape index (κ1) is 13.8. The zero-order valence-electron chi connectivity index (χ0n) is 11.3. The van der Waals surface area contributed by atoms with Gasteiger partial charge in [0.1, 0.15) is 5.82 Å². The lowest BCUT2D eigenvalue weighted by molar-refractivity contribution is 0.261. The van der Waals surface area contributed by atoms with Crippen LogP contribution in [0.15, 0.2) is 12.3 Å². The highest BCUT2D eigenvalue weighted by Gasteiger charge is 2.06. The summed E-state index contributed by atoms with van der Waals surface area (Å²) in [5.41, 5.74) is 7.47. The van der Waals surface area contributed by atoms with Gasteiger partial charge in [-0.2, -0.15) is 0 Å². The number of nitrogens with two attached hydrogens (primary N) is 1. The summed E-state index contributed by atoms with van der Waals surface area (Å²) in [6.07, 6.45) is 2.86. The van der Waals surface area contributed by atoms with Crippen molar-refractivity contribution in [1.29, 1.82) is 0 Å². The summed E-state index contributed by atoms with van der Waals surface area (Å²) in [6, 6.07) is 2.56. The lowest BCUT2D eigenvalue weighted by Crippen LogP contribution is -2.32. The van der Waals surface area contributed by atoms with Crippen molar-refractivity contribution in [2.75, 3.05) is 31.2 Å². The van der Waals surface area contributed by atoms with E-state index in [0.717, 1.165) is 24.5 Å². The maximum absolute atomic E-state index is 5.66. The predicted molar refractivity (Wildman–Crippen MR) is 74.3 cm³/mol. The van der Waals surface area contributed by atoms with Gasteiger partial charge in [0.2, 0.25) is 0 Å². The van der Waals surface area contributed by atoms with Crippen LogP contribution in [0, 0.1) is 6.92 Å². The van der Waals surface area contributed by atoms with Crippen LogP contribution < -0.4 is 11.1 Å². The van der Waals surface area contributed by atoms with E-state index < -0.39 is 0 Å². The summed E-state index contributed by atoms with van der Waals surface area (Å²) in [5, 5.41) is 3.34. The standard InChI is InChI=1S/C13H24N4/c1-5-11(3)17(4)7-6-15-13-10(2)8-12(14)9-16-13/h8-9,11H,5-7,14H2,1-4H3,(H,15,16). The SMILES string of the molecule is CCC(C)N(C)CCNc1ncc(N)cc1C. The molecule has 1 atom stereocenters. The highest BCUT2D eigenvalue weighted by atomic mass is 15.1. The van der Waals surface area contributed by atoms with Crippen molar-refractivity contribution >= 4 is 11.5 Å². The van der Waals surface area contributed by atoms with E-state index in [0.29, 0.717) is 11.7 Å². The third-order valence-electron chi connectivity index (χ3n) is 3.20. The van der Waals surface area contributed by atoms with Gasteiger partial charge >= 0.3 is 0 Å². The molecule has 1 heterocycles. The molecule has 0 aliphatic carbocycles. The first-order chi connectivity index (χ1) is 8.04. The molecule has 0 amide bonds. The number of anilines is 2. The van der Waals surface area contributed by atoms with Crippen molar-refractivity contribution in [3.05, 3.63) is 17.8 Å². The number of hydrogen-bond acceptors (Lipinski definition) is 4. The van der Waals surface area contributed by atoms with Gasteiger partial charge in [0.05, 0.1) is 11.9 Å². The first-order valence-electron chi connectivity index (χ1n) is 6.20. The molecule has 0 aromatic carbocycles. The summed E-state index contributed by atoms with van der Waals surface area (Å²) >= 11 is 0. The summed E-state index contributed by atoms with van der Waals surface area (Å²) in [7, 11) is 2.15. The van der Waals surface area contributed by atoms with Gasteiger partial charge in [0, 0.05) is 19.1 Å². The Morgan fingerprint density at radius 3 is 2.82 bits per heavy atom. The van der Waals surface area contributed by atoms with E-state index in [-0.39, 0.29) is 0 Å². The molecule has 0 saturated carbocycles. The van der Waals surface area contributed by atoms with Crippen LogP contribution in [0.4, 0.5) is 11.5 Å². The summed E-state index contributed by atoms with van der Waals surface area (Å²) in [6.45, 7) is 8.39. The molecule has 17 heavy (non-hydrogen) atoms. The number of hydrogen-bond donors (Lipinski definition) is 2. The van der Waals surface area contributed by atoms with Gasteiger partial charge in [-0.05, 0) is 38.9 Å². The molecule has 1 aromatic rings. The predicted octanol–water partition coefficient (Wildman–Crippen LogP) is 2.11. The average Bonchev–Trinajstić information content (AvgIpc) is 2.30. The molecule has 1 aromatic heterocycles. The molecule has 0 saturated heterocycles. The summed E-state index contributed by atoms with van der Waals surface area (Å²) < 4.78 is 0. The van der Waals surface area contributed by atoms with E-state index in [1.54, 1.807) is 6.20 Å². The molecule has 1 unspecified atom stereocenters. The normalized spacial score (nSPS) is 12.8. The van der Waals surface area contributed by atoms with E-state index in [4.69, 9.17) is 5.73 Å². The number of pyridine rings is 1. The van der Waals surface area contributed by atoms with E-state index in [1.807, 2.05) is 13.0 Å². The minimum atomic E-state index is 0.622. The van der Waals surface area contributed by atoms with Crippen molar-refractivity contribution < 1.29 is 0 Å². The molecule has 3 N–H and O–H groups in total. The topological polar surface area (TPSA) is 54.2 Å². The maximum Gasteiger partial charge on any atom is 0.129 e. The number of aryl methyl sites for hydroxylation is 1. The van der Waals surface area contributed by atoms with Gasteiger partial charge in [0.25, 0.3) is 0 Å². The Balaban J connectivity index is 2.40. The van der Waals surface area contributed by atoms with Crippen LogP contribution in [0.2, 0.25) is 0 Å². The molecule has 0 bridgehead atoms. The Kier molecular flexibility index (Phi) is 5.22. The minimum Gasteiger partial charge on any atom is -0.397 e. The fourth-order valence-electron chi connectivity index (χ4n) is 1.66. The lowest BCUT2D eigenvalue weighted by atomic mass is 10.2. The molecule has 96 valence electrons. The monoisotopic (exact) mass is 236 g/mol. The number of rotatable bonds is 6. The summed E-state index contributed by atoms with van der Waals surface area (Å²) in [5.74, 6) is 0.928. The Bertz CT molecular complexity index is 351. The van der Waals surface area contributed by atoms with Crippen LogP contribution in [0.5, 0.6) is 0 Å². The molecular formula is C13H24N4. The lowest BCUT2D eigenvalue weighted by Gasteiger charge is -2.23. The molecule has 4 nitrogen and oxygen atoms in total. The highest BCUT2D eigenvalue weighted by molar-refractivity contribution is 5.50. The molecule has 0 radical (unpaired) electrons. The van der Waals surface area contributed by atoms with E-state index in [1.165, 1.54) is 6.42 Å². The van der Waals surface area contributed by atoms with Crippen LogP contribution in [0.1, 0.15) is 25.8 Å². The van der Waals surface area contributed by atoms with Gasteiger partial charge < -0.3 is 16.0 Å². The Labute approximate surface area is 104 Å². The number of nitrogen functional groups attached to an aromatic ring is 1. The smallest absolute Gasteiger partial charge is 0.129 e. The van der Waals surface area contributed by atoms with Crippen LogP contribution in [0.25, 0.3) is 0 Å². The molecule has 1 rings (SSSR count). The van der Waals surface area contributed by atoms with Crippen molar-refractivity contribution in [1.82, 2.24) is 9.88 Å². The maximum atomic E-state index is 5.66. The van der Waals surface area contributed by atoms with Crippen molar-refractivity contribution in [2.24, 2.45) is 0 Å². The highest BCUT2D eigenvalue weighted by Crippen LogP contribution is 2.13. The second-order valence-corrected chi connectivity index (χ2v) is 4.60. The van der Waals surface area contributed by atoms with Gasteiger partial charge in [-0.3, -0.25) is 0 Å². The average molecular weight is 236 g/mol. The van der Waals surface area contributed by atoms with Gasteiger partial charge in [-0.25, -0.2) is 4.98 Å². The Morgan fingerprint density at radius 1 is 1.53 bits per heavy atom. The molecule has 4 heteroatoms. The second-order valence-electron chi connectivity index (χ2n) is 4.60. The number of likely N-dealkylation sites (N-methyl/N-ethyl adjacent to an activating group) is 1. The molecule has 0 spiro atoms. The van der Waals surface area contributed by atoms with Gasteiger partial charge in [-0.15, -0.1) is 0 Å². The third kappa shape index (κ3) is 4.23. The van der Waals surface area contributed by atoms with Gasteiger partial charge in [0.15, 0.2) is 0 Å². The van der Waals surface area contributed by atoms with Crippen molar-refractivity contribution in [3.8, 4) is 0 Å². The third-order valence-corrected chi connectivity index (χ3v) is 3.20. The van der Waals surface area contributed by atoms with Crippen molar-refractivity contribution in [2.45, 2.75) is 33.2 Å². The molecule has 0 fully saturated rings. The van der Waals surface area contributed by atoms with Crippen LogP contribution in [-0.4, -0.2) is 36.1 Å². The first-order valence-corrected chi connectivity index (χ1v) is 6.20. The molecular weight excluding hydrogens is 212 g/mol. The van der Waals surface area contributed by atoms with Crippen LogP contribution >= 0.6 is 0 Å². The van der Waals surface area contributed by atoms with Crippen LogP contribution in [-0.2, 0) is 0 Å². The number of nitrogens with one attached hydrogen (secondary N) is 1. The second kappa shape index (κ2) is 6.45. The quantitative estimate of drug-likeness (QED) is 0.794. The van der Waals surface area contributed by atoms with Gasteiger partial charge in [-0.1, -0.05) is 6.92 Å². The number of nitrogens with zero attached hydrogens (tertiary/aromatic N) is 2. The number of aromatic nitrogens is 1. The Hall–Kier alpha value is -1.29. The fourth-order valence-corrected chi connectivity index (χ4v) is 1.66. The largest absolute Gasteiger partial charge is 0.397 e. The zero-order valence-corrected chi connectivity index (χ0v) is 11.3. The minimum absolute atomic E-state index is 0.622. The van der Waals surface area contributed by atoms with Crippen molar-refractivity contribution in [3.63, 3.8) is 0 Å². The van der Waals surface area contributed by atoms with E-state index >= 15 is 0 Å². The Morgan fingerprint density at radius 2 is 2.24 bits per heavy atom. The van der Waals surface area contributed by atoms with E-state index in [2.05, 4.69) is 36.1 Å². The van der Waals surface area contributed by atoms with E-state index in [9.17, 15) is 0 Å². The fraction of sp³-hybridized carbons (Fsp3) is 0.615. The van der Waals surface area contributed by atoms with Crippen LogP contribution in [0.3, 0.4) is 0 Å².